The Hall–Kier alpha value is -0.500. The molecule has 0 aromatic carbocycles. The van der Waals surface area contributed by atoms with E-state index < -0.39 is 10.0 Å². The summed E-state index contributed by atoms with van der Waals surface area (Å²) in [5.74, 6) is 0.286. The fraction of sp³-hybridized carbons (Fsp3) is 0.583. The van der Waals surface area contributed by atoms with E-state index >= 15 is 0 Å². The standard InChI is InChI=1S/C12H18BrN3O2S/c1-9-3-2-4-16(12(9)6-14)19(17,18)11-5-10(13)7-15-8-11/h5,7-9,12H,2-4,6,14H2,1H3. The van der Waals surface area contributed by atoms with E-state index in [0.29, 0.717) is 17.6 Å². The van der Waals surface area contributed by atoms with Gasteiger partial charge < -0.3 is 5.73 Å². The van der Waals surface area contributed by atoms with Crippen molar-refractivity contribution in [3.8, 4) is 0 Å². The first-order valence-corrected chi connectivity index (χ1v) is 8.52. The predicted octanol–water partition coefficient (Wildman–Crippen LogP) is 1.59. The van der Waals surface area contributed by atoms with E-state index in [1.807, 2.05) is 0 Å². The largest absolute Gasteiger partial charge is 0.329 e. The van der Waals surface area contributed by atoms with Gasteiger partial charge in [-0.25, -0.2) is 8.42 Å². The number of nitrogens with two attached hydrogens (primary N) is 1. The first kappa shape index (κ1) is 14.9. The van der Waals surface area contributed by atoms with Crippen molar-refractivity contribution >= 4 is 26.0 Å². The molecular weight excluding hydrogens is 330 g/mol. The van der Waals surface area contributed by atoms with Crippen LogP contribution < -0.4 is 5.73 Å². The van der Waals surface area contributed by atoms with Crippen molar-refractivity contribution in [1.29, 1.82) is 0 Å². The molecule has 0 saturated carbocycles. The normalized spacial score (nSPS) is 25.4. The van der Waals surface area contributed by atoms with Gasteiger partial charge in [-0.05, 0) is 40.8 Å². The van der Waals surface area contributed by atoms with E-state index in [1.54, 1.807) is 12.3 Å². The van der Waals surface area contributed by atoms with Gasteiger partial charge in [-0.1, -0.05) is 6.92 Å². The summed E-state index contributed by atoms with van der Waals surface area (Å²) in [5, 5.41) is 0. The van der Waals surface area contributed by atoms with Crippen LogP contribution in [0.5, 0.6) is 0 Å². The van der Waals surface area contributed by atoms with Crippen molar-refractivity contribution in [1.82, 2.24) is 9.29 Å². The Balaban J connectivity index is 2.38. The third-order valence-electron chi connectivity index (χ3n) is 3.59. The molecule has 0 radical (unpaired) electrons. The van der Waals surface area contributed by atoms with Crippen LogP contribution in [0.15, 0.2) is 27.8 Å². The monoisotopic (exact) mass is 347 g/mol. The van der Waals surface area contributed by atoms with Gasteiger partial charge in [-0.3, -0.25) is 4.98 Å². The fourth-order valence-corrected chi connectivity index (χ4v) is 4.81. The molecule has 19 heavy (non-hydrogen) atoms. The average molecular weight is 348 g/mol. The Labute approximate surface area is 122 Å². The minimum absolute atomic E-state index is 0.127. The van der Waals surface area contributed by atoms with Gasteiger partial charge >= 0.3 is 0 Å². The Morgan fingerprint density at radius 1 is 1.53 bits per heavy atom. The van der Waals surface area contributed by atoms with E-state index in [0.717, 1.165) is 12.8 Å². The van der Waals surface area contributed by atoms with E-state index in [1.165, 1.54) is 10.5 Å². The number of halogens is 1. The molecule has 5 nitrogen and oxygen atoms in total. The van der Waals surface area contributed by atoms with E-state index in [2.05, 4.69) is 27.8 Å². The Bertz CT molecular complexity index is 550. The maximum absolute atomic E-state index is 12.7. The number of sulfonamides is 1. The molecule has 1 aliphatic heterocycles. The highest BCUT2D eigenvalue weighted by Gasteiger charge is 2.36. The minimum Gasteiger partial charge on any atom is -0.329 e. The maximum atomic E-state index is 12.7. The zero-order chi connectivity index (χ0) is 14.0. The van der Waals surface area contributed by atoms with Crippen molar-refractivity contribution in [2.45, 2.75) is 30.7 Å². The Morgan fingerprint density at radius 3 is 2.89 bits per heavy atom. The number of piperidine rings is 1. The van der Waals surface area contributed by atoms with Gasteiger partial charge in [0.1, 0.15) is 4.90 Å². The van der Waals surface area contributed by atoms with Gasteiger partial charge in [0.2, 0.25) is 10.0 Å². The molecule has 0 amide bonds. The molecular formula is C12H18BrN3O2S. The second kappa shape index (κ2) is 5.87. The topological polar surface area (TPSA) is 76.3 Å². The molecule has 1 aromatic heterocycles. The van der Waals surface area contributed by atoms with Crippen molar-refractivity contribution in [3.05, 3.63) is 22.9 Å². The lowest BCUT2D eigenvalue weighted by atomic mass is 9.93. The van der Waals surface area contributed by atoms with Crippen LogP contribution in [0.1, 0.15) is 19.8 Å². The van der Waals surface area contributed by atoms with Gasteiger partial charge in [-0.2, -0.15) is 4.31 Å². The molecule has 106 valence electrons. The highest BCUT2D eigenvalue weighted by molar-refractivity contribution is 9.10. The third-order valence-corrected chi connectivity index (χ3v) is 5.92. The van der Waals surface area contributed by atoms with Crippen LogP contribution >= 0.6 is 15.9 Å². The lowest BCUT2D eigenvalue weighted by Crippen LogP contribution is -2.51. The van der Waals surface area contributed by atoms with Crippen molar-refractivity contribution in [3.63, 3.8) is 0 Å². The zero-order valence-corrected chi connectivity index (χ0v) is 13.2. The van der Waals surface area contributed by atoms with Crippen LogP contribution in [-0.4, -0.2) is 36.8 Å². The maximum Gasteiger partial charge on any atom is 0.244 e. The number of nitrogens with zero attached hydrogens (tertiary/aromatic N) is 2. The van der Waals surface area contributed by atoms with Crippen molar-refractivity contribution in [2.24, 2.45) is 11.7 Å². The van der Waals surface area contributed by atoms with Crippen LogP contribution in [0.3, 0.4) is 0 Å². The summed E-state index contributed by atoms with van der Waals surface area (Å²) < 4.78 is 27.5. The molecule has 2 N–H and O–H groups in total. The number of pyridine rings is 1. The van der Waals surface area contributed by atoms with Gasteiger partial charge in [-0.15, -0.1) is 0 Å². The second-order valence-corrected chi connectivity index (χ2v) is 7.68. The summed E-state index contributed by atoms with van der Waals surface area (Å²) in [6.07, 6.45) is 4.84. The molecule has 2 heterocycles. The van der Waals surface area contributed by atoms with Crippen molar-refractivity contribution < 1.29 is 8.42 Å². The van der Waals surface area contributed by atoms with Crippen LogP contribution in [0, 0.1) is 5.92 Å². The first-order valence-electron chi connectivity index (χ1n) is 6.29. The molecule has 1 fully saturated rings. The average Bonchev–Trinajstić information content (AvgIpc) is 2.38. The fourth-order valence-electron chi connectivity index (χ4n) is 2.53. The zero-order valence-electron chi connectivity index (χ0n) is 10.8. The molecule has 1 saturated heterocycles. The lowest BCUT2D eigenvalue weighted by molar-refractivity contribution is 0.192. The summed E-state index contributed by atoms with van der Waals surface area (Å²) in [7, 11) is -3.52. The van der Waals surface area contributed by atoms with E-state index in [-0.39, 0.29) is 16.9 Å². The van der Waals surface area contributed by atoms with Gasteiger partial charge in [0.25, 0.3) is 0 Å². The summed E-state index contributed by atoms with van der Waals surface area (Å²) in [6.45, 7) is 2.93. The molecule has 7 heteroatoms. The van der Waals surface area contributed by atoms with Crippen LogP contribution in [0.25, 0.3) is 0 Å². The van der Waals surface area contributed by atoms with Crippen LogP contribution in [-0.2, 0) is 10.0 Å². The second-order valence-electron chi connectivity index (χ2n) is 4.88. The quantitative estimate of drug-likeness (QED) is 0.900. The third kappa shape index (κ3) is 2.99. The number of rotatable bonds is 3. The molecule has 1 aromatic rings. The van der Waals surface area contributed by atoms with Crippen LogP contribution in [0.4, 0.5) is 0 Å². The van der Waals surface area contributed by atoms with Gasteiger partial charge in [0.05, 0.1) is 0 Å². The van der Waals surface area contributed by atoms with E-state index in [4.69, 9.17) is 5.73 Å². The Kier molecular flexibility index (Phi) is 4.60. The molecule has 2 rings (SSSR count). The summed E-state index contributed by atoms with van der Waals surface area (Å²) in [5.41, 5.74) is 5.76. The predicted molar refractivity (Wildman–Crippen MR) is 77.1 cm³/mol. The van der Waals surface area contributed by atoms with E-state index in [9.17, 15) is 8.42 Å². The summed E-state index contributed by atoms with van der Waals surface area (Å²) in [6, 6.07) is 1.45. The van der Waals surface area contributed by atoms with Crippen molar-refractivity contribution in [2.75, 3.05) is 13.1 Å². The molecule has 1 aliphatic rings. The van der Waals surface area contributed by atoms with Gasteiger partial charge in [0.15, 0.2) is 0 Å². The first-order chi connectivity index (χ1) is 8.96. The number of aromatic nitrogens is 1. The number of hydrogen-bond acceptors (Lipinski definition) is 4. The molecule has 2 atom stereocenters. The molecule has 2 unspecified atom stereocenters. The molecule has 0 aliphatic carbocycles. The lowest BCUT2D eigenvalue weighted by Gasteiger charge is -2.38. The van der Waals surface area contributed by atoms with Gasteiger partial charge in [0, 0.05) is 36.0 Å². The Morgan fingerprint density at radius 2 is 2.26 bits per heavy atom. The highest BCUT2D eigenvalue weighted by atomic mass is 79.9. The smallest absolute Gasteiger partial charge is 0.244 e. The highest BCUT2D eigenvalue weighted by Crippen LogP contribution is 2.29. The minimum atomic E-state index is -3.52. The summed E-state index contributed by atoms with van der Waals surface area (Å²) in [4.78, 5) is 4.15. The molecule has 0 spiro atoms. The molecule has 0 bridgehead atoms. The van der Waals surface area contributed by atoms with Crippen LogP contribution in [0.2, 0.25) is 0 Å². The SMILES string of the molecule is CC1CCCN(S(=O)(=O)c2cncc(Br)c2)C1CN. The summed E-state index contributed by atoms with van der Waals surface area (Å²) >= 11 is 3.25. The number of hydrogen-bond donors (Lipinski definition) is 1.